The molecule has 106 valence electrons. The van der Waals surface area contributed by atoms with Crippen molar-refractivity contribution in [2.75, 3.05) is 26.2 Å². The highest BCUT2D eigenvalue weighted by molar-refractivity contribution is 5.75. The van der Waals surface area contributed by atoms with E-state index in [1.165, 1.54) is 25.9 Å². The van der Waals surface area contributed by atoms with E-state index in [1.54, 1.807) is 0 Å². The van der Waals surface area contributed by atoms with Gasteiger partial charge in [-0.25, -0.2) is 0 Å². The van der Waals surface area contributed by atoms with Gasteiger partial charge >= 0.3 is 0 Å². The standard InChI is InChI=1S/C14H29N3O/c1-12-6-9-17(10-7-12)11-8-16-14(18)5-3-4-13(2)15/h12-13H,3-11,15H2,1-2H3,(H,16,18). The van der Waals surface area contributed by atoms with Gasteiger partial charge in [0.05, 0.1) is 0 Å². The highest BCUT2D eigenvalue weighted by atomic mass is 16.1. The molecule has 0 radical (unpaired) electrons. The first-order valence-electron chi connectivity index (χ1n) is 7.32. The summed E-state index contributed by atoms with van der Waals surface area (Å²) >= 11 is 0. The highest BCUT2D eigenvalue weighted by Crippen LogP contribution is 2.15. The van der Waals surface area contributed by atoms with Crippen molar-refractivity contribution in [2.24, 2.45) is 11.7 Å². The second-order valence-corrected chi connectivity index (χ2v) is 5.74. The van der Waals surface area contributed by atoms with E-state index in [0.717, 1.165) is 31.8 Å². The van der Waals surface area contributed by atoms with Gasteiger partial charge in [0, 0.05) is 25.6 Å². The van der Waals surface area contributed by atoms with Gasteiger partial charge in [0.2, 0.25) is 5.91 Å². The number of carbonyl (C=O) groups excluding carboxylic acids is 1. The number of likely N-dealkylation sites (tertiary alicyclic amines) is 1. The Hall–Kier alpha value is -0.610. The van der Waals surface area contributed by atoms with Crippen molar-refractivity contribution >= 4 is 5.91 Å². The molecule has 1 rings (SSSR count). The van der Waals surface area contributed by atoms with Crippen molar-refractivity contribution in [1.29, 1.82) is 0 Å². The molecule has 1 heterocycles. The molecule has 0 aromatic rings. The molecular formula is C14H29N3O. The Labute approximate surface area is 111 Å². The fourth-order valence-electron chi connectivity index (χ4n) is 2.31. The van der Waals surface area contributed by atoms with Crippen molar-refractivity contribution in [3.8, 4) is 0 Å². The number of nitrogens with zero attached hydrogens (tertiary/aromatic N) is 1. The first-order chi connectivity index (χ1) is 8.58. The van der Waals surface area contributed by atoms with Crippen LogP contribution in [0.2, 0.25) is 0 Å². The van der Waals surface area contributed by atoms with Crippen LogP contribution in [0.25, 0.3) is 0 Å². The van der Waals surface area contributed by atoms with Crippen LogP contribution in [0.3, 0.4) is 0 Å². The highest BCUT2D eigenvalue weighted by Gasteiger charge is 2.15. The van der Waals surface area contributed by atoms with Crippen LogP contribution in [-0.4, -0.2) is 43.0 Å². The van der Waals surface area contributed by atoms with Crippen molar-refractivity contribution in [3.63, 3.8) is 0 Å². The van der Waals surface area contributed by atoms with E-state index in [-0.39, 0.29) is 11.9 Å². The summed E-state index contributed by atoms with van der Waals surface area (Å²) in [6.45, 7) is 8.44. The topological polar surface area (TPSA) is 58.4 Å². The van der Waals surface area contributed by atoms with Gasteiger partial charge in [0.25, 0.3) is 0 Å². The molecule has 0 bridgehead atoms. The van der Waals surface area contributed by atoms with Gasteiger partial charge in [0.15, 0.2) is 0 Å². The molecule has 1 aliphatic heterocycles. The summed E-state index contributed by atoms with van der Waals surface area (Å²) in [6.07, 6.45) is 5.02. The van der Waals surface area contributed by atoms with Gasteiger partial charge in [-0.05, 0) is 51.6 Å². The maximum absolute atomic E-state index is 11.5. The average Bonchev–Trinajstić information content (AvgIpc) is 2.31. The van der Waals surface area contributed by atoms with Crippen LogP contribution in [0.15, 0.2) is 0 Å². The zero-order valence-corrected chi connectivity index (χ0v) is 12.0. The Balaban J connectivity index is 1.98. The van der Waals surface area contributed by atoms with Gasteiger partial charge in [-0.2, -0.15) is 0 Å². The van der Waals surface area contributed by atoms with Crippen molar-refractivity contribution < 1.29 is 4.79 Å². The zero-order valence-electron chi connectivity index (χ0n) is 12.0. The molecule has 1 saturated heterocycles. The Kier molecular flexibility index (Phi) is 7.28. The minimum Gasteiger partial charge on any atom is -0.355 e. The monoisotopic (exact) mass is 255 g/mol. The van der Waals surface area contributed by atoms with Crippen LogP contribution in [0.5, 0.6) is 0 Å². The van der Waals surface area contributed by atoms with Gasteiger partial charge in [-0.3, -0.25) is 4.79 Å². The van der Waals surface area contributed by atoms with E-state index in [2.05, 4.69) is 17.1 Å². The Morgan fingerprint density at radius 1 is 1.44 bits per heavy atom. The van der Waals surface area contributed by atoms with E-state index < -0.39 is 0 Å². The molecule has 0 aromatic heterocycles. The number of nitrogens with two attached hydrogens (primary N) is 1. The molecule has 1 unspecified atom stereocenters. The first kappa shape index (κ1) is 15.4. The minimum atomic E-state index is 0.168. The van der Waals surface area contributed by atoms with E-state index in [9.17, 15) is 4.79 Å². The minimum absolute atomic E-state index is 0.168. The van der Waals surface area contributed by atoms with Gasteiger partial charge in [-0.15, -0.1) is 0 Å². The number of rotatable bonds is 7. The fraction of sp³-hybridized carbons (Fsp3) is 0.929. The number of carbonyl (C=O) groups is 1. The molecule has 1 atom stereocenters. The summed E-state index contributed by atoms with van der Waals surface area (Å²) in [5.41, 5.74) is 5.65. The number of hydrogen-bond donors (Lipinski definition) is 2. The third kappa shape index (κ3) is 6.97. The molecule has 1 amide bonds. The van der Waals surface area contributed by atoms with Crippen LogP contribution >= 0.6 is 0 Å². The SMILES string of the molecule is CC(N)CCCC(=O)NCCN1CCC(C)CC1. The molecular weight excluding hydrogens is 226 g/mol. The number of hydrogen-bond acceptors (Lipinski definition) is 3. The third-order valence-corrected chi connectivity index (χ3v) is 3.69. The second kappa shape index (κ2) is 8.48. The summed E-state index contributed by atoms with van der Waals surface area (Å²) in [4.78, 5) is 14.0. The van der Waals surface area contributed by atoms with Crippen molar-refractivity contribution in [3.05, 3.63) is 0 Å². The lowest BCUT2D eigenvalue weighted by Gasteiger charge is -2.30. The lowest BCUT2D eigenvalue weighted by atomic mass is 9.99. The van der Waals surface area contributed by atoms with Crippen LogP contribution in [0.1, 0.15) is 46.0 Å². The van der Waals surface area contributed by atoms with E-state index in [1.807, 2.05) is 6.92 Å². The molecule has 1 aliphatic rings. The molecule has 4 nitrogen and oxygen atoms in total. The zero-order chi connectivity index (χ0) is 13.4. The normalized spacial score (nSPS) is 19.7. The fourth-order valence-corrected chi connectivity index (χ4v) is 2.31. The Bertz CT molecular complexity index is 235. The predicted molar refractivity (Wildman–Crippen MR) is 75.3 cm³/mol. The number of piperidine rings is 1. The summed E-state index contributed by atoms with van der Waals surface area (Å²) in [6, 6.07) is 0.202. The van der Waals surface area contributed by atoms with Crippen LogP contribution in [-0.2, 0) is 4.79 Å². The summed E-state index contributed by atoms with van der Waals surface area (Å²) < 4.78 is 0. The van der Waals surface area contributed by atoms with Crippen LogP contribution < -0.4 is 11.1 Å². The molecule has 3 N–H and O–H groups in total. The maximum atomic E-state index is 11.5. The van der Waals surface area contributed by atoms with Crippen LogP contribution in [0.4, 0.5) is 0 Å². The van der Waals surface area contributed by atoms with Crippen molar-refractivity contribution in [1.82, 2.24) is 10.2 Å². The first-order valence-corrected chi connectivity index (χ1v) is 7.32. The average molecular weight is 255 g/mol. The quantitative estimate of drug-likeness (QED) is 0.722. The third-order valence-electron chi connectivity index (χ3n) is 3.69. The van der Waals surface area contributed by atoms with Crippen molar-refractivity contribution in [2.45, 2.75) is 52.0 Å². The molecule has 0 aliphatic carbocycles. The smallest absolute Gasteiger partial charge is 0.220 e. The molecule has 0 spiro atoms. The molecule has 0 saturated carbocycles. The molecule has 18 heavy (non-hydrogen) atoms. The summed E-state index contributed by atoms with van der Waals surface area (Å²) in [5.74, 6) is 1.04. The molecule has 1 fully saturated rings. The van der Waals surface area contributed by atoms with E-state index in [0.29, 0.717) is 6.42 Å². The number of amides is 1. The summed E-state index contributed by atoms with van der Waals surface area (Å²) in [7, 11) is 0. The Morgan fingerprint density at radius 3 is 2.72 bits per heavy atom. The lowest BCUT2D eigenvalue weighted by molar-refractivity contribution is -0.121. The lowest BCUT2D eigenvalue weighted by Crippen LogP contribution is -2.39. The summed E-state index contributed by atoms with van der Waals surface area (Å²) in [5, 5.41) is 2.99. The maximum Gasteiger partial charge on any atom is 0.220 e. The molecule has 0 aromatic carbocycles. The second-order valence-electron chi connectivity index (χ2n) is 5.74. The Morgan fingerprint density at radius 2 is 2.11 bits per heavy atom. The predicted octanol–water partition coefficient (Wildman–Crippen LogP) is 1.35. The van der Waals surface area contributed by atoms with Crippen LogP contribution in [0, 0.1) is 5.92 Å². The van der Waals surface area contributed by atoms with Gasteiger partial charge in [-0.1, -0.05) is 6.92 Å². The molecule has 4 heteroatoms. The van der Waals surface area contributed by atoms with Gasteiger partial charge < -0.3 is 16.0 Å². The van der Waals surface area contributed by atoms with E-state index in [4.69, 9.17) is 5.73 Å². The van der Waals surface area contributed by atoms with Gasteiger partial charge in [0.1, 0.15) is 0 Å². The van der Waals surface area contributed by atoms with E-state index >= 15 is 0 Å². The largest absolute Gasteiger partial charge is 0.355 e. The number of nitrogens with one attached hydrogen (secondary N) is 1.